The second-order valence-electron chi connectivity index (χ2n) is 5.75. The average molecular weight is 337 g/mol. The van der Waals surface area contributed by atoms with Crippen LogP contribution in [-0.2, 0) is 6.42 Å². The zero-order valence-corrected chi connectivity index (χ0v) is 14.4. The summed E-state index contributed by atoms with van der Waals surface area (Å²) in [7, 11) is 1.61. The van der Waals surface area contributed by atoms with Crippen LogP contribution in [0, 0.1) is 17.0 Å². The van der Waals surface area contributed by atoms with Crippen molar-refractivity contribution in [1.29, 1.82) is 0 Å². The Balaban J connectivity index is 2.09. The fourth-order valence-corrected chi connectivity index (χ4v) is 2.88. The summed E-state index contributed by atoms with van der Waals surface area (Å²) in [5.41, 5.74) is 3.93. The van der Waals surface area contributed by atoms with E-state index >= 15 is 0 Å². The van der Waals surface area contributed by atoms with Gasteiger partial charge < -0.3 is 10.1 Å². The SMILES string of the molecule is CCc1ccc(Nc2cc(C)nc3c(OC)cccc23)cc1[N+](=O)[O-]. The highest BCUT2D eigenvalue weighted by atomic mass is 16.6. The van der Waals surface area contributed by atoms with E-state index in [0.29, 0.717) is 23.4 Å². The predicted octanol–water partition coefficient (Wildman–Crippen LogP) is 4.77. The number of nitro groups is 1. The summed E-state index contributed by atoms with van der Waals surface area (Å²) < 4.78 is 5.39. The third-order valence-electron chi connectivity index (χ3n) is 4.09. The van der Waals surface area contributed by atoms with Crippen LogP contribution in [0.25, 0.3) is 10.9 Å². The van der Waals surface area contributed by atoms with E-state index in [-0.39, 0.29) is 10.6 Å². The van der Waals surface area contributed by atoms with Gasteiger partial charge in [0.1, 0.15) is 11.3 Å². The minimum atomic E-state index is -0.344. The van der Waals surface area contributed by atoms with Crippen molar-refractivity contribution in [1.82, 2.24) is 4.98 Å². The highest BCUT2D eigenvalue weighted by molar-refractivity contribution is 5.96. The van der Waals surface area contributed by atoms with Crippen molar-refractivity contribution in [3.05, 3.63) is 63.8 Å². The molecule has 0 amide bonds. The molecule has 0 saturated carbocycles. The highest BCUT2D eigenvalue weighted by Gasteiger charge is 2.14. The Kier molecular flexibility index (Phi) is 4.52. The van der Waals surface area contributed by atoms with Gasteiger partial charge in [-0.1, -0.05) is 25.1 Å². The quantitative estimate of drug-likeness (QED) is 0.536. The number of aromatic nitrogens is 1. The first kappa shape index (κ1) is 16.7. The number of nitro benzene ring substituents is 1. The molecule has 0 aliphatic heterocycles. The van der Waals surface area contributed by atoms with Gasteiger partial charge in [0, 0.05) is 34.1 Å². The van der Waals surface area contributed by atoms with Crippen LogP contribution in [0.2, 0.25) is 0 Å². The summed E-state index contributed by atoms with van der Waals surface area (Å²) in [5, 5.41) is 15.5. The molecule has 6 heteroatoms. The number of methoxy groups -OCH3 is 1. The highest BCUT2D eigenvalue weighted by Crippen LogP contribution is 2.33. The van der Waals surface area contributed by atoms with E-state index in [9.17, 15) is 10.1 Å². The normalized spacial score (nSPS) is 10.7. The lowest BCUT2D eigenvalue weighted by molar-refractivity contribution is -0.385. The molecule has 2 aromatic carbocycles. The first-order valence-corrected chi connectivity index (χ1v) is 8.02. The van der Waals surface area contributed by atoms with E-state index in [1.54, 1.807) is 19.2 Å². The zero-order valence-electron chi connectivity index (χ0n) is 14.4. The summed E-state index contributed by atoms with van der Waals surface area (Å²) in [5.74, 6) is 0.691. The number of hydrogen-bond donors (Lipinski definition) is 1. The molecule has 0 bridgehead atoms. The smallest absolute Gasteiger partial charge is 0.274 e. The van der Waals surface area contributed by atoms with Gasteiger partial charge in [0.2, 0.25) is 0 Å². The third-order valence-corrected chi connectivity index (χ3v) is 4.09. The van der Waals surface area contributed by atoms with Crippen LogP contribution in [0.1, 0.15) is 18.2 Å². The van der Waals surface area contributed by atoms with E-state index in [0.717, 1.165) is 22.3 Å². The van der Waals surface area contributed by atoms with Crippen molar-refractivity contribution in [2.45, 2.75) is 20.3 Å². The number of nitrogens with zero attached hydrogens (tertiary/aromatic N) is 2. The Labute approximate surface area is 145 Å². The molecule has 3 rings (SSSR count). The molecule has 25 heavy (non-hydrogen) atoms. The number of nitrogens with one attached hydrogen (secondary N) is 1. The van der Waals surface area contributed by atoms with Crippen molar-refractivity contribution < 1.29 is 9.66 Å². The van der Waals surface area contributed by atoms with Crippen LogP contribution in [-0.4, -0.2) is 17.0 Å². The maximum Gasteiger partial charge on any atom is 0.274 e. The van der Waals surface area contributed by atoms with Gasteiger partial charge in [0.25, 0.3) is 5.69 Å². The molecule has 1 aromatic heterocycles. The van der Waals surface area contributed by atoms with E-state index in [1.165, 1.54) is 0 Å². The molecular formula is C19H19N3O3. The molecule has 0 spiro atoms. The Morgan fingerprint density at radius 1 is 1.24 bits per heavy atom. The van der Waals surface area contributed by atoms with Gasteiger partial charge in [-0.25, -0.2) is 4.98 Å². The first-order chi connectivity index (χ1) is 12.0. The second kappa shape index (κ2) is 6.76. The van der Waals surface area contributed by atoms with E-state index in [4.69, 9.17) is 4.74 Å². The molecule has 0 fully saturated rings. The van der Waals surface area contributed by atoms with E-state index in [2.05, 4.69) is 10.3 Å². The largest absolute Gasteiger partial charge is 0.494 e. The maximum absolute atomic E-state index is 11.3. The van der Waals surface area contributed by atoms with Crippen LogP contribution in [0.3, 0.4) is 0 Å². The standard InChI is InChI=1S/C19H19N3O3/c1-4-13-8-9-14(11-17(13)22(23)24)21-16-10-12(2)20-19-15(16)6-5-7-18(19)25-3/h5-11H,4H2,1-3H3,(H,20,21). The third kappa shape index (κ3) is 3.24. The summed E-state index contributed by atoms with van der Waals surface area (Å²) in [6.45, 7) is 3.81. The van der Waals surface area contributed by atoms with Gasteiger partial charge in [-0.2, -0.15) is 0 Å². The fraction of sp³-hybridized carbons (Fsp3) is 0.211. The molecule has 3 aromatic rings. The number of anilines is 2. The van der Waals surface area contributed by atoms with Gasteiger partial charge in [-0.15, -0.1) is 0 Å². The number of hydrogen-bond acceptors (Lipinski definition) is 5. The number of aryl methyl sites for hydroxylation is 2. The van der Waals surface area contributed by atoms with Crippen LogP contribution in [0.15, 0.2) is 42.5 Å². The molecule has 0 unspecified atom stereocenters. The van der Waals surface area contributed by atoms with Crippen LogP contribution >= 0.6 is 0 Å². The zero-order chi connectivity index (χ0) is 18.0. The minimum absolute atomic E-state index is 0.125. The number of para-hydroxylation sites is 1. The lowest BCUT2D eigenvalue weighted by atomic mass is 10.1. The van der Waals surface area contributed by atoms with Gasteiger partial charge in [-0.3, -0.25) is 10.1 Å². The summed E-state index contributed by atoms with van der Waals surface area (Å²) >= 11 is 0. The van der Waals surface area contributed by atoms with Crippen LogP contribution in [0.4, 0.5) is 17.1 Å². The van der Waals surface area contributed by atoms with Gasteiger partial charge >= 0.3 is 0 Å². The molecule has 1 heterocycles. The Morgan fingerprint density at radius 3 is 2.72 bits per heavy atom. The van der Waals surface area contributed by atoms with Crippen LogP contribution < -0.4 is 10.1 Å². The maximum atomic E-state index is 11.3. The van der Waals surface area contributed by atoms with E-state index < -0.39 is 0 Å². The minimum Gasteiger partial charge on any atom is -0.494 e. The lowest BCUT2D eigenvalue weighted by Gasteiger charge is -2.13. The molecular weight excluding hydrogens is 318 g/mol. The molecule has 1 N–H and O–H groups in total. The fourth-order valence-electron chi connectivity index (χ4n) is 2.88. The second-order valence-corrected chi connectivity index (χ2v) is 5.75. The van der Waals surface area contributed by atoms with Crippen LogP contribution in [0.5, 0.6) is 5.75 Å². The van der Waals surface area contributed by atoms with Gasteiger partial charge in [0.15, 0.2) is 0 Å². The monoisotopic (exact) mass is 337 g/mol. The molecule has 0 aliphatic rings. The van der Waals surface area contributed by atoms with E-state index in [1.807, 2.05) is 44.2 Å². The summed E-state index contributed by atoms with van der Waals surface area (Å²) in [4.78, 5) is 15.5. The lowest BCUT2D eigenvalue weighted by Crippen LogP contribution is -1.99. The van der Waals surface area contributed by atoms with Crippen molar-refractivity contribution in [3.8, 4) is 5.75 Å². The Hall–Kier alpha value is -3.15. The van der Waals surface area contributed by atoms with Crippen molar-refractivity contribution in [3.63, 3.8) is 0 Å². The number of ether oxygens (including phenoxy) is 1. The van der Waals surface area contributed by atoms with Crippen molar-refractivity contribution >= 4 is 28.0 Å². The number of fused-ring (bicyclic) bond motifs is 1. The number of benzene rings is 2. The Morgan fingerprint density at radius 2 is 2.04 bits per heavy atom. The Bertz CT molecular complexity index is 954. The van der Waals surface area contributed by atoms with Gasteiger partial charge in [-0.05, 0) is 31.5 Å². The summed E-state index contributed by atoms with van der Waals surface area (Å²) in [6.07, 6.45) is 0.616. The average Bonchev–Trinajstić information content (AvgIpc) is 2.61. The van der Waals surface area contributed by atoms with Gasteiger partial charge in [0.05, 0.1) is 12.0 Å². The molecule has 0 saturated heterocycles. The van der Waals surface area contributed by atoms with Crippen molar-refractivity contribution in [2.24, 2.45) is 0 Å². The summed E-state index contributed by atoms with van der Waals surface area (Å²) in [6, 6.07) is 12.8. The predicted molar refractivity (Wildman–Crippen MR) is 98.8 cm³/mol. The molecule has 0 aliphatic carbocycles. The molecule has 0 radical (unpaired) electrons. The first-order valence-electron chi connectivity index (χ1n) is 8.02. The molecule has 6 nitrogen and oxygen atoms in total. The molecule has 128 valence electrons. The van der Waals surface area contributed by atoms with Crippen molar-refractivity contribution in [2.75, 3.05) is 12.4 Å². The molecule has 0 atom stereocenters. The number of pyridine rings is 1. The topological polar surface area (TPSA) is 77.3 Å². The number of rotatable bonds is 5.